The quantitative estimate of drug-likeness (QED) is 0.860. The fourth-order valence-corrected chi connectivity index (χ4v) is 3.24. The van der Waals surface area contributed by atoms with E-state index in [9.17, 15) is 14.4 Å². The Kier molecular flexibility index (Phi) is 3.59. The minimum atomic E-state index is -1.03. The second-order valence-corrected chi connectivity index (χ2v) is 5.75. The monoisotopic (exact) mass is 306 g/mol. The number of hydrogen-bond donors (Lipinski definition) is 2. The minimum Gasteiger partial charge on any atom is -0.481 e. The van der Waals surface area contributed by atoms with E-state index in [0.29, 0.717) is 5.65 Å². The van der Waals surface area contributed by atoms with Crippen LogP contribution in [0.15, 0.2) is 9.59 Å². The van der Waals surface area contributed by atoms with Crippen molar-refractivity contribution in [2.24, 2.45) is 7.05 Å². The van der Waals surface area contributed by atoms with Crippen LogP contribution in [0.25, 0.3) is 11.2 Å². The number of aryl methyl sites for hydroxylation is 1. The highest BCUT2D eigenvalue weighted by Crippen LogP contribution is 2.28. The Labute approximate surface area is 125 Å². The molecular weight excluding hydrogens is 288 g/mol. The highest BCUT2D eigenvalue weighted by Gasteiger charge is 2.23. The van der Waals surface area contributed by atoms with E-state index in [1.165, 1.54) is 9.13 Å². The Morgan fingerprint density at radius 3 is 2.64 bits per heavy atom. The first kappa shape index (κ1) is 14.6. The van der Waals surface area contributed by atoms with Crippen LogP contribution in [0, 0.1) is 0 Å². The molecule has 0 unspecified atom stereocenters. The first-order valence-corrected chi connectivity index (χ1v) is 7.41. The van der Waals surface area contributed by atoms with E-state index >= 15 is 0 Å². The van der Waals surface area contributed by atoms with Crippen LogP contribution in [0.4, 0.5) is 0 Å². The predicted molar refractivity (Wildman–Crippen MR) is 79.1 cm³/mol. The molecule has 0 atom stereocenters. The normalized spacial score (nSPS) is 16.2. The smallest absolute Gasteiger partial charge is 0.330 e. The second kappa shape index (κ2) is 5.43. The number of aromatic amines is 1. The van der Waals surface area contributed by atoms with Crippen molar-refractivity contribution in [1.29, 1.82) is 0 Å². The van der Waals surface area contributed by atoms with Gasteiger partial charge < -0.3 is 9.67 Å². The topological polar surface area (TPSA) is 110 Å². The van der Waals surface area contributed by atoms with Gasteiger partial charge in [0.2, 0.25) is 0 Å². The SMILES string of the molecule is Cn1c(CC(=O)O)nc2c1c(=O)[nH]c(=O)n2C1CCCCC1. The van der Waals surface area contributed by atoms with E-state index in [1.54, 1.807) is 7.05 Å². The lowest BCUT2D eigenvalue weighted by Gasteiger charge is -2.23. The molecule has 0 saturated heterocycles. The predicted octanol–water partition coefficient (Wildman–Crippen LogP) is 0.556. The molecule has 2 aromatic heterocycles. The van der Waals surface area contributed by atoms with Gasteiger partial charge in [-0.3, -0.25) is 19.1 Å². The summed E-state index contributed by atoms with van der Waals surface area (Å²) in [4.78, 5) is 41.8. The average Bonchev–Trinajstić information content (AvgIpc) is 2.76. The average molecular weight is 306 g/mol. The van der Waals surface area contributed by atoms with Gasteiger partial charge in [0.05, 0.1) is 0 Å². The van der Waals surface area contributed by atoms with Crippen molar-refractivity contribution in [2.45, 2.75) is 44.6 Å². The molecule has 1 fully saturated rings. The number of nitrogens with zero attached hydrogens (tertiary/aromatic N) is 3. The first-order chi connectivity index (χ1) is 10.5. The third-order valence-corrected chi connectivity index (χ3v) is 4.30. The Balaban J connectivity index is 2.25. The number of carboxylic acids is 1. The number of aromatic nitrogens is 4. The number of H-pyrrole nitrogens is 1. The van der Waals surface area contributed by atoms with Crippen molar-refractivity contribution in [3.05, 3.63) is 26.7 Å². The highest BCUT2D eigenvalue weighted by molar-refractivity contribution is 5.74. The summed E-state index contributed by atoms with van der Waals surface area (Å²) in [5, 5.41) is 8.95. The third kappa shape index (κ3) is 2.34. The molecule has 22 heavy (non-hydrogen) atoms. The molecule has 0 aliphatic heterocycles. The van der Waals surface area contributed by atoms with Gasteiger partial charge in [0.1, 0.15) is 12.2 Å². The number of carboxylic acid groups (broad SMARTS) is 1. The maximum Gasteiger partial charge on any atom is 0.330 e. The van der Waals surface area contributed by atoms with Crippen molar-refractivity contribution in [3.63, 3.8) is 0 Å². The number of imidazole rings is 1. The lowest BCUT2D eigenvalue weighted by atomic mass is 9.95. The standard InChI is InChI=1S/C14H18N4O4/c1-17-9(7-10(19)20)15-12-11(17)13(21)16-14(22)18(12)8-5-3-2-4-6-8/h8H,2-7H2,1H3,(H,19,20)(H,16,21,22). The van der Waals surface area contributed by atoms with Crippen molar-refractivity contribution >= 4 is 17.1 Å². The first-order valence-electron chi connectivity index (χ1n) is 7.41. The van der Waals surface area contributed by atoms with E-state index in [2.05, 4.69) is 9.97 Å². The summed E-state index contributed by atoms with van der Waals surface area (Å²) < 4.78 is 2.99. The van der Waals surface area contributed by atoms with E-state index < -0.39 is 17.2 Å². The van der Waals surface area contributed by atoms with Crippen LogP contribution in [0.3, 0.4) is 0 Å². The Morgan fingerprint density at radius 1 is 1.32 bits per heavy atom. The summed E-state index contributed by atoms with van der Waals surface area (Å²) in [6.07, 6.45) is 4.66. The van der Waals surface area contributed by atoms with Gasteiger partial charge in [-0.15, -0.1) is 0 Å². The molecule has 2 heterocycles. The summed E-state index contributed by atoms with van der Waals surface area (Å²) in [5.41, 5.74) is -0.455. The molecule has 8 heteroatoms. The molecule has 0 radical (unpaired) electrons. The molecule has 1 aliphatic rings. The number of aliphatic carboxylic acids is 1. The molecule has 0 aromatic carbocycles. The van der Waals surface area contributed by atoms with Crippen molar-refractivity contribution in [3.8, 4) is 0 Å². The van der Waals surface area contributed by atoms with Gasteiger partial charge in [-0.1, -0.05) is 19.3 Å². The molecule has 2 N–H and O–H groups in total. The Bertz CT molecular complexity index is 839. The zero-order chi connectivity index (χ0) is 15.9. The molecule has 0 spiro atoms. The zero-order valence-corrected chi connectivity index (χ0v) is 12.3. The van der Waals surface area contributed by atoms with Crippen LogP contribution in [0.2, 0.25) is 0 Å². The van der Waals surface area contributed by atoms with Crippen LogP contribution in [-0.2, 0) is 18.3 Å². The molecule has 1 aliphatic carbocycles. The number of carbonyl (C=O) groups is 1. The molecule has 0 bridgehead atoms. The largest absolute Gasteiger partial charge is 0.481 e. The maximum atomic E-state index is 12.2. The van der Waals surface area contributed by atoms with Crippen LogP contribution < -0.4 is 11.2 Å². The Hall–Kier alpha value is -2.38. The van der Waals surface area contributed by atoms with Crippen LogP contribution in [-0.4, -0.2) is 30.2 Å². The van der Waals surface area contributed by atoms with Gasteiger partial charge in [-0.25, -0.2) is 9.78 Å². The second-order valence-electron chi connectivity index (χ2n) is 5.75. The van der Waals surface area contributed by atoms with Gasteiger partial charge in [0.25, 0.3) is 5.56 Å². The summed E-state index contributed by atoms with van der Waals surface area (Å²) >= 11 is 0. The lowest BCUT2D eigenvalue weighted by molar-refractivity contribution is -0.136. The maximum absolute atomic E-state index is 12.2. The third-order valence-electron chi connectivity index (χ3n) is 4.30. The van der Waals surface area contributed by atoms with E-state index in [4.69, 9.17) is 5.11 Å². The number of hydrogen-bond acceptors (Lipinski definition) is 4. The van der Waals surface area contributed by atoms with E-state index in [1.807, 2.05) is 0 Å². The van der Waals surface area contributed by atoms with Gasteiger partial charge in [-0.05, 0) is 12.8 Å². The molecule has 3 rings (SSSR count). The van der Waals surface area contributed by atoms with Crippen LogP contribution >= 0.6 is 0 Å². The molecule has 118 valence electrons. The minimum absolute atomic E-state index is 0.00757. The Morgan fingerprint density at radius 2 is 2.00 bits per heavy atom. The molecular formula is C14H18N4O4. The zero-order valence-electron chi connectivity index (χ0n) is 12.3. The summed E-state index contributed by atoms with van der Waals surface area (Å²) in [6.45, 7) is 0. The van der Waals surface area contributed by atoms with Crippen molar-refractivity contribution in [1.82, 2.24) is 19.1 Å². The highest BCUT2D eigenvalue weighted by atomic mass is 16.4. The molecule has 0 amide bonds. The number of nitrogens with one attached hydrogen (secondary N) is 1. The summed E-state index contributed by atoms with van der Waals surface area (Å²) in [7, 11) is 1.60. The van der Waals surface area contributed by atoms with Crippen molar-refractivity contribution in [2.75, 3.05) is 0 Å². The number of rotatable bonds is 3. The fourth-order valence-electron chi connectivity index (χ4n) is 3.24. The molecule has 1 saturated carbocycles. The van der Waals surface area contributed by atoms with Gasteiger partial charge in [0.15, 0.2) is 11.2 Å². The van der Waals surface area contributed by atoms with E-state index in [-0.39, 0.29) is 23.8 Å². The number of fused-ring (bicyclic) bond motifs is 1. The van der Waals surface area contributed by atoms with Crippen LogP contribution in [0.1, 0.15) is 44.0 Å². The van der Waals surface area contributed by atoms with Gasteiger partial charge in [0, 0.05) is 13.1 Å². The van der Waals surface area contributed by atoms with Gasteiger partial charge in [-0.2, -0.15) is 0 Å². The lowest BCUT2D eigenvalue weighted by Crippen LogP contribution is -2.34. The summed E-state index contributed by atoms with van der Waals surface area (Å²) in [5.74, 6) is -0.760. The van der Waals surface area contributed by atoms with E-state index in [0.717, 1.165) is 32.1 Å². The molecule has 2 aromatic rings. The van der Waals surface area contributed by atoms with Crippen molar-refractivity contribution < 1.29 is 9.90 Å². The summed E-state index contributed by atoms with van der Waals surface area (Å²) in [6, 6.07) is 0.00757. The van der Waals surface area contributed by atoms with Crippen LogP contribution in [0.5, 0.6) is 0 Å². The van der Waals surface area contributed by atoms with Gasteiger partial charge >= 0.3 is 11.7 Å². The molecule has 8 nitrogen and oxygen atoms in total. The fraction of sp³-hybridized carbons (Fsp3) is 0.571.